The summed E-state index contributed by atoms with van der Waals surface area (Å²) < 4.78 is 11.9. The van der Waals surface area contributed by atoms with Crippen molar-refractivity contribution in [2.45, 2.75) is 82.8 Å². The van der Waals surface area contributed by atoms with Crippen LogP contribution in [-0.2, 0) is 14.3 Å². The van der Waals surface area contributed by atoms with Crippen LogP contribution >= 0.6 is 0 Å². The van der Waals surface area contributed by atoms with E-state index in [0.717, 1.165) is 25.8 Å². The number of aliphatic hydroxyl groups excluding tert-OH is 1. The molecular formula is C23H37NO5. The van der Waals surface area contributed by atoms with Crippen LogP contribution in [0.15, 0.2) is 0 Å². The maximum atomic E-state index is 13.2. The Balaban J connectivity index is 1.82. The van der Waals surface area contributed by atoms with Crippen molar-refractivity contribution in [3.05, 3.63) is 0 Å². The molecule has 1 unspecified atom stereocenters. The standard InChI is InChI=1S/C23H37NO5/c1-6-24(4)19-16-17(25)18-21(2,3)9-8-14(28-5)23(18,19)13-11-12-7-10-22(16,27)15(13)20(26)29-12/h12-19,25,27H,6-11H2,1-5H3/t12-,13-,14+,15-,16?,17-,18+,19-,22+,23+/m0/s1. The quantitative estimate of drug-likeness (QED) is 0.695. The maximum Gasteiger partial charge on any atom is 0.312 e. The average molecular weight is 408 g/mol. The van der Waals surface area contributed by atoms with Crippen LogP contribution in [0.2, 0.25) is 0 Å². The van der Waals surface area contributed by atoms with Crippen LogP contribution in [0.1, 0.15) is 52.9 Å². The minimum Gasteiger partial charge on any atom is -0.462 e. The van der Waals surface area contributed by atoms with Gasteiger partial charge in [0.1, 0.15) is 6.10 Å². The number of carbonyl (C=O) groups excluding carboxylic acids is 1. The normalized spacial score (nSPS) is 54.8. The number of nitrogens with zero attached hydrogens (tertiary/aromatic N) is 1. The zero-order valence-electron chi connectivity index (χ0n) is 18.4. The van der Waals surface area contributed by atoms with Gasteiger partial charge in [-0.15, -0.1) is 0 Å². The molecular weight excluding hydrogens is 370 g/mol. The zero-order chi connectivity index (χ0) is 20.9. The number of rotatable bonds is 3. The summed E-state index contributed by atoms with van der Waals surface area (Å²) in [5.41, 5.74) is -1.65. The van der Waals surface area contributed by atoms with Crippen LogP contribution in [0.25, 0.3) is 0 Å². The van der Waals surface area contributed by atoms with Crippen LogP contribution in [0, 0.1) is 34.5 Å². The average Bonchev–Trinajstić information content (AvgIpc) is 2.76. The second kappa shape index (κ2) is 6.18. The van der Waals surface area contributed by atoms with E-state index < -0.39 is 17.6 Å². The molecule has 0 aromatic carbocycles. The van der Waals surface area contributed by atoms with E-state index in [1.807, 2.05) is 0 Å². The van der Waals surface area contributed by atoms with Crippen molar-refractivity contribution in [3.8, 4) is 0 Å². The van der Waals surface area contributed by atoms with Gasteiger partial charge in [-0.1, -0.05) is 20.8 Å². The molecule has 29 heavy (non-hydrogen) atoms. The van der Waals surface area contributed by atoms with E-state index in [-0.39, 0.29) is 52.8 Å². The second-order valence-electron chi connectivity index (χ2n) is 11.2. The van der Waals surface area contributed by atoms with Gasteiger partial charge in [0.05, 0.1) is 23.7 Å². The lowest BCUT2D eigenvalue weighted by Gasteiger charge is -2.64. The third-order valence-corrected chi connectivity index (χ3v) is 9.89. The summed E-state index contributed by atoms with van der Waals surface area (Å²) in [7, 11) is 3.89. The van der Waals surface area contributed by atoms with E-state index in [1.165, 1.54) is 0 Å². The molecule has 6 rings (SSSR count). The van der Waals surface area contributed by atoms with Crippen molar-refractivity contribution in [2.75, 3.05) is 20.7 Å². The highest BCUT2D eigenvalue weighted by Crippen LogP contribution is 2.74. The Bertz CT molecular complexity index is 711. The van der Waals surface area contributed by atoms with Gasteiger partial charge in [-0.2, -0.15) is 0 Å². The molecule has 10 atom stereocenters. The fourth-order valence-electron chi connectivity index (χ4n) is 9.07. The van der Waals surface area contributed by atoms with Crippen molar-refractivity contribution in [1.82, 2.24) is 4.90 Å². The number of hydrogen-bond acceptors (Lipinski definition) is 6. The molecule has 0 aromatic rings. The lowest BCUT2D eigenvalue weighted by atomic mass is 9.44. The van der Waals surface area contributed by atoms with Gasteiger partial charge in [-0.05, 0) is 57.0 Å². The first-order valence-corrected chi connectivity index (χ1v) is 11.5. The smallest absolute Gasteiger partial charge is 0.312 e. The van der Waals surface area contributed by atoms with Crippen LogP contribution in [-0.4, -0.2) is 71.7 Å². The Kier molecular flexibility index (Phi) is 4.31. The number of methoxy groups -OCH3 is 1. The molecule has 2 aliphatic heterocycles. The van der Waals surface area contributed by atoms with Crippen molar-refractivity contribution >= 4 is 5.97 Å². The molecule has 0 aromatic heterocycles. The molecule has 6 heteroatoms. The minimum atomic E-state index is -1.21. The van der Waals surface area contributed by atoms with Gasteiger partial charge in [0.2, 0.25) is 0 Å². The molecule has 4 aliphatic carbocycles. The molecule has 0 amide bonds. The number of fused-ring (bicyclic) bond motifs is 3. The molecule has 6 fully saturated rings. The van der Waals surface area contributed by atoms with Gasteiger partial charge in [-0.3, -0.25) is 4.79 Å². The Morgan fingerprint density at radius 3 is 2.66 bits per heavy atom. The lowest BCUT2D eigenvalue weighted by molar-refractivity contribution is -0.245. The highest BCUT2D eigenvalue weighted by atomic mass is 16.5. The van der Waals surface area contributed by atoms with Gasteiger partial charge in [0.15, 0.2) is 0 Å². The van der Waals surface area contributed by atoms with E-state index in [1.54, 1.807) is 7.11 Å². The topological polar surface area (TPSA) is 79.2 Å². The highest BCUT2D eigenvalue weighted by Gasteiger charge is 2.82. The van der Waals surface area contributed by atoms with Crippen molar-refractivity contribution in [1.29, 1.82) is 0 Å². The molecule has 2 heterocycles. The molecule has 1 spiro atoms. The van der Waals surface area contributed by atoms with Gasteiger partial charge in [0, 0.05) is 30.4 Å². The first-order chi connectivity index (χ1) is 13.6. The maximum absolute atomic E-state index is 13.2. The lowest BCUT2D eigenvalue weighted by Crippen LogP contribution is -2.72. The number of carbonyl (C=O) groups is 1. The summed E-state index contributed by atoms with van der Waals surface area (Å²) in [5.74, 6) is -1.21. The van der Waals surface area contributed by atoms with E-state index in [0.29, 0.717) is 12.8 Å². The predicted molar refractivity (Wildman–Crippen MR) is 107 cm³/mol. The summed E-state index contributed by atoms with van der Waals surface area (Å²) in [6.07, 6.45) is 3.09. The van der Waals surface area contributed by atoms with E-state index in [9.17, 15) is 15.0 Å². The summed E-state index contributed by atoms with van der Waals surface area (Å²) in [5, 5.41) is 24.0. The molecule has 0 radical (unpaired) electrons. The second-order valence-corrected chi connectivity index (χ2v) is 11.2. The van der Waals surface area contributed by atoms with Crippen molar-refractivity contribution in [3.63, 3.8) is 0 Å². The fourth-order valence-corrected chi connectivity index (χ4v) is 9.07. The minimum absolute atomic E-state index is 0.00655. The van der Waals surface area contributed by atoms with E-state index in [4.69, 9.17) is 9.47 Å². The fraction of sp³-hybridized carbons (Fsp3) is 0.957. The van der Waals surface area contributed by atoms with Gasteiger partial charge in [-0.25, -0.2) is 0 Å². The van der Waals surface area contributed by atoms with Crippen LogP contribution < -0.4 is 0 Å². The largest absolute Gasteiger partial charge is 0.462 e. The predicted octanol–water partition coefficient (Wildman–Crippen LogP) is 1.82. The highest BCUT2D eigenvalue weighted by molar-refractivity contribution is 5.77. The van der Waals surface area contributed by atoms with E-state index >= 15 is 0 Å². The number of hydrogen-bond donors (Lipinski definition) is 2. The summed E-state index contributed by atoms with van der Waals surface area (Å²) in [4.78, 5) is 15.5. The van der Waals surface area contributed by atoms with Crippen LogP contribution in [0.3, 0.4) is 0 Å². The molecule has 6 bridgehead atoms. The molecule has 6 nitrogen and oxygen atoms in total. The zero-order valence-corrected chi connectivity index (χ0v) is 18.4. The molecule has 6 aliphatic rings. The first-order valence-electron chi connectivity index (χ1n) is 11.5. The van der Waals surface area contributed by atoms with Gasteiger partial charge >= 0.3 is 5.97 Å². The van der Waals surface area contributed by atoms with Crippen LogP contribution in [0.5, 0.6) is 0 Å². The molecule has 4 saturated carbocycles. The number of esters is 1. The number of aliphatic hydroxyl groups is 2. The monoisotopic (exact) mass is 407 g/mol. The molecule has 2 saturated heterocycles. The Labute approximate surface area is 173 Å². The molecule has 164 valence electrons. The molecule has 2 N–H and O–H groups in total. The van der Waals surface area contributed by atoms with Gasteiger partial charge < -0.3 is 24.6 Å². The van der Waals surface area contributed by atoms with Crippen LogP contribution in [0.4, 0.5) is 0 Å². The Morgan fingerprint density at radius 1 is 1.28 bits per heavy atom. The first kappa shape index (κ1) is 20.2. The Hall–Kier alpha value is -0.690. The van der Waals surface area contributed by atoms with E-state index in [2.05, 4.69) is 32.7 Å². The Morgan fingerprint density at radius 2 is 2.00 bits per heavy atom. The SMILES string of the molecule is CCN(C)[C@H]1C2[C@H](O)[C@@H]3C(C)(C)CC[C@@H](OC)[C@@]13[C@H]1C[C@@H]3CC[C@@]2(O)[C@@H]1C(=O)O3. The summed E-state index contributed by atoms with van der Waals surface area (Å²) in [6.45, 7) is 7.49. The van der Waals surface area contributed by atoms with Gasteiger partial charge in [0.25, 0.3) is 0 Å². The summed E-state index contributed by atoms with van der Waals surface area (Å²) in [6, 6.07) is -0.00655. The van der Waals surface area contributed by atoms with Crippen molar-refractivity contribution in [2.24, 2.45) is 34.5 Å². The summed E-state index contributed by atoms with van der Waals surface area (Å²) >= 11 is 0. The van der Waals surface area contributed by atoms with Crippen molar-refractivity contribution < 1.29 is 24.5 Å². The number of ether oxygens (including phenoxy) is 2. The third kappa shape index (κ3) is 2.19. The third-order valence-electron chi connectivity index (χ3n) is 9.89.